The number of aromatic nitrogens is 2. The standard InChI is InChI=1S/C35H25N4O4S/c40-32-22-44-35(26-9-6-10-29(21-26)39(42)43)37(32)27-17-13-23(14-18-27)24-15-19-28(20-16-24)38-33(25-7-2-1-3-8-25)36-31-12-5-4-11-30(31)34(38)41/h1-21,35,42H,22H2/q-1. The van der Waals surface area contributed by atoms with Gasteiger partial charge in [0, 0.05) is 11.3 Å². The van der Waals surface area contributed by atoms with Crippen LogP contribution in [0.5, 0.6) is 0 Å². The average Bonchev–Trinajstić information content (AvgIpc) is 3.46. The number of hydrogen-bond donors (Lipinski definition) is 1. The third-order valence-corrected chi connectivity index (χ3v) is 8.87. The van der Waals surface area contributed by atoms with Gasteiger partial charge in [-0.05, 0) is 65.2 Å². The molecule has 8 nitrogen and oxygen atoms in total. The maximum absolute atomic E-state index is 13.7. The van der Waals surface area contributed by atoms with E-state index in [1.165, 1.54) is 17.8 Å². The molecule has 0 saturated carbocycles. The zero-order valence-electron chi connectivity index (χ0n) is 23.3. The van der Waals surface area contributed by atoms with Crippen molar-refractivity contribution in [2.24, 2.45) is 0 Å². The van der Waals surface area contributed by atoms with E-state index in [9.17, 15) is 20.0 Å². The van der Waals surface area contributed by atoms with Crippen LogP contribution in [0.3, 0.4) is 0 Å². The first-order valence-corrected chi connectivity index (χ1v) is 15.0. The lowest BCUT2D eigenvalue weighted by Crippen LogP contribution is -2.27. The molecule has 44 heavy (non-hydrogen) atoms. The lowest BCUT2D eigenvalue weighted by molar-refractivity contribution is -0.115. The first-order valence-electron chi connectivity index (χ1n) is 14.0. The summed E-state index contributed by atoms with van der Waals surface area (Å²) < 4.78 is 1.65. The Morgan fingerprint density at radius 3 is 2.11 bits per heavy atom. The highest BCUT2D eigenvalue weighted by molar-refractivity contribution is 8.00. The summed E-state index contributed by atoms with van der Waals surface area (Å²) in [7, 11) is 0. The van der Waals surface area contributed by atoms with E-state index in [0.29, 0.717) is 28.2 Å². The van der Waals surface area contributed by atoms with E-state index in [2.05, 4.69) is 0 Å². The molecule has 0 radical (unpaired) electrons. The number of carbonyl (C=O) groups is 1. The van der Waals surface area contributed by atoms with Gasteiger partial charge in [-0.3, -0.25) is 24.3 Å². The molecule has 7 rings (SSSR count). The molecule has 1 aliphatic rings. The number of anilines is 2. The maximum Gasteiger partial charge on any atom is 0.266 e. The van der Waals surface area contributed by atoms with Crippen LogP contribution in [0, 0.1) is 5.21 Å². The Morgan fingerprint density at radius 1 is 0.750 bits per heavy atom. The number of hydrogen-bond acceptors (Lipinski definition) is 7. The normalized spacial score (nSPS) is 14.7. The second-order valence-corrected chi connectivity index (χ2v) is 11.4. The summed E-state index contributed by atoms with van der Waals surface area (Å²) in [6, 6.07) is 39.2. The van der Waals surface area contributed by atoms with Gasteiger partial charge in [-0.2, -0.15) is 0 Å². The molecule has 216 valence electrons. The Kier molecular flexibility index (Phi) is 7.19. The number of amides is 1. The summed E-state index contributed by atoms with van der Waals surface area (Å²) >= 11 is 1.47. The smallest absolute Gasteiger partial charge is 0.266 e. The zero-order chi connectivity index (χ0) is 30.2. The van der Waals surface area contributed by atoms with Crippen LogP contribution in [0.15, 0.2) is 132 Å². The molecule has 1 amide bonds. The molecule has 1 N–H and O–H groups in total. The van der Waals surface area contributed by atoms with E-state index < -0.39 is 0 Å². The van der Waals surface area contributed by atoms with Crippen molar-refractivity contribution < 1.29 is 10.0 Å². The number of fused-ring (bicyclic) bond motifs is 1. The molecule has 0 spiro atoms. The molecule has 1 fully saturated rings. The minimum absolute atomic E-state index is 0.0332. The van der Waals surface area contributed by atoms with E-state index in [4.69, 9.17) is 4.98 Å². The second kappa shape index (κ2) is 11.5. The van der Waals surface area contributed by atoms with Crippen molar-refractivity contribution in [3.8, 4) is 28.2 Å². The minimum Gasteiger partial charge on any atom is -0.733 e. The molecule has 1 saturated heterocycles. The fraction of sp³-hybridized carbons (Fsp3) is 0.0571. The van der Waals surface area contributed by atoms with Crippen LogP contribution in [0.2, 0.25) is 0 Å². The monoisotopic (exact) mass is 597 g/mol. The van der Waals surface area contributed by atoms with E-state index in [-0.39, 0.29) is 27.8 Å². The molecule has 0 bridgehead atoms. The Labute approximate surface area is 257 Å². The third kappa shape index (κ3) is 5.03. The zero-order valence-corrected chi connectivity index (χ0v) is 24.1. The number of nitrogens with zero attached hydrogens (tertiary/aromatic N) is 4. The summed E-state index contributed by atoms with van der Waals surface area (Å²) in [5, 5.41) is 20.8. The quantitative estimate of drug-likeness (QED) is 0.203. The molecule has 0 aliphatic carbocycles. The predicted octanol–water partition coefficient (Wildman–Crippen LogP) is 7.19. The summed E-state index contributed by atoms with van der Waals surface area (Å²) in [5.74, 6) is 0.850. The second-order valence-electron chi connectivity index (χ2n) is 10.3. The molecule has 1 unspecified atom stereocenters. The van der Waals surface area contributed by atoms with E-state index in [1.807, 2.05) is 103 Å². The highest BCUT2D eigenvalue weighted by atomic mass is 32.2. The van der Waals surface area contributed by atoms with Crippen molar-refractivity contribution >= 4 is 39.9 Å². The van der Waals surface area contributed by atoms with Crippen molar-refractivity contribution in [1.82, 2.24) is 9.55 Å². The number of thioether (sulfide) groups is 1. The SMILES string of the molecule is O=C1CSC(c2cccc(N([O-])O)c2)N1c1ccc(-c2ccc(-n3c(-c4ccccc4)nc4ccccc4c3=O)cc2)cc1. The van der Waals surface area contributed by atoms with Crippen LogP contribution in [-0.4, -0.2) is 26.4 Å². The number of carbonyl (C=O) groups excluding carboxylic acids is 1. The van der Waals surface area contributed by atoms with Crippen LogP contribution in [0.1, 0.15) is 10.9 Å². The van der Waals surface area contributed by atoms with Gasteiger partial charge in [0.25, 0.3) is 5.56 Å². The molecule has 6 aromatic rings. The van der Waals surface area contributed by atoms with Crippen LogP contribution < -0.4 is 15.7 Å². The summed E-state index contributed by atoms with van der Waals surface area (Å²) in [6.45, 7) is 0. The largest absolute Gasteiger partial charge is 0.733 e. The van der Waals surface area contributed by atoms with Gasteiger partial charge in [-0.1, -0.05) is 78.9 Å². The van der Waals surface area contributed by atoms with Gasteiger partial charge in [-0.25, -0.2) is 4.98 Å². The predicted molar refractivity (Wildman–Crippen MR) is 175 cm³/mol. The highest BCUT2D eigenvalue weighted by Crippen LogP contribution is 2.43. The first-order chi connectivity index (χ1) is 21.5. The summed E-state index contributed by atoms with van der Waals surface area (Å²) in [5.41, 5.74) is 5.56. The first kappa shape index (κ1) is 27.6. The topological polar surface area (TPSA) is 102 Å². The van der Waals surface area contributed by atoms with Gasteiger partial charge in [0.1, 0.15) is 11.2 Å². The molecule has 9 heteroatoms. The highest BCUT2D eigenvalue weighted by Gasteiger charge is 2.34. The number of rotatable bonds is 6. The third-order valence-electron chi connectivity index (χ3n) is 7.66. The Bertz CT molecular complexity index is 2050. The van der Waals surface area contributed by atoms with E-state index >= 15 is 0 Å². The Balaban J connectivity index is 1.20. The molecule has 1 aromatic heterocycles. The lowest BCUT2D eigenvalue weighted by Gasteiger charge is -2.27. The van der Waals surface area contributed by atoms with Gasteiger partial charge >= 0.3 is 0 Å². The fourth-order valence-corrected chi connectivity index (χ4v) is 6.68. The van der Waals surface area contributed by atoms with Gasteiger partial charge in [0.2, 0.25) is 5.91 Å². The summed E-state index contributed by atoms with van der Waals surface area (Å²) in [6.07, 6.45) is 0. The molecule has 2 heterocycles. The van der Waals surface area contributed by atoms with Crippen molar-refractivity contribution in [3.63, 3.8) is 0 Å². The van der Waals surface area contributed by atoms with Crippen molar-refractivity contribution in [2.45, 2.75) is 5.37 Å². The van der Waals surface area contributed by atoms with Crippen molar-refractivity contribution in [1.29, 1.82) is 0 Å². The van der Waals surface area contributed by atoms with Gasteiger partial charge in [0.05, 0.1) is 28.0 Å². The fourth-order valence-electron chi connectivity index (χ4n) is 5.52. The van der Waals surface area contributed by atoms with Crippen LogP contribution in [0.25, 0.3) is 39.1 Å². The molecular formula is C35H25N4O4S-. The van der Waals surface area contributed by atoms with Crippen molar-refractivity contribution in [2.75, 3.05) is 15.9 Å². The lowest BCUT2D eigenvalue weighted by atomic mass is 10.0. The average molecular weight is 598 g/mol. The van der Waals surface area contributed by atoms with E-state index in [0.717, 1.165) is 27.9 Å². The number of benzene rings is 5. The molecular weight excluding hydrogens is 572 g/mol. The van der Waals surface area contributed by atoms with Gasteiger partial charge < -0.3 is 10.4 Å². The number of para-hydroxylation sites is 1. The van der Waals surface area contributed by atoms with Gasteiger partial charge in [-0.15, -0.1) is 11.8 Å². The Hall–Kier alpha value is -5.22. The van der Waals surface area contributed by atoms with Crippen LogP contribution in [0.4, 0.5) is 11.4 Å². The van der Waals surface area contributed by atoms with Gasteiger partial charge in [0.15, 0.2) is 0 Å². The summed E-state index contributed by atoms with van der Waals surface area (Å²) in [4.78, 5) is 33.2. The maximum atomic E-state index is 13.7. The molecule has 1 atom stereocenters. The minimum atomic E-state index is -0.319. The molecule has 5 aromatic carbocycles. The van der Waals surface area contributed by atoms with Crippen LogP contribution in [-0.2, 0) is 4.79 Å². The van der Waals surface area contributed by atoms with Crippen LogP contribution >= 0.6 is 11.8 Å². The van der Waals surface area contributed by atoms with Crippen molar-refractivity contribution in [3.05, 3.63) is 149 Å². The Morgan fingerprint density at radius 2 is 1.41 bits per heavy atom. The van der Waals surface area contributed by atoms with E-state index in [1.54, 1.807) is 27.7 Å². The molecule has 1 aliphatic heterocycles.